The third-order valence-electron chi connectivity index (χ3n) is 3.86. The average molecular weight is 242 g/mol. The molecular weight excluding hydrogens is 224 g/mol. The van der Waals surface area contributed by atoms with Gasteiger partial charge in [-0.3, -0.25) is 0 Å². The topological polar surface area (TPSA) is 29.5 Å². The lowest BCUT2D eigenvalue weighted by atomic mass is 9.89. The van der Waals surface area contributed by atoms with E-state index in [9.17, 15) is 5.11 Å². The first-order valence-electron chi connectivity index (χ1n) is 6.42. The molecule has 0 spiro atoms. The lowest BCUT2D eigenvalue weighted by Crippen LogP contribution is -2.33. The summed E-state index contributed by atoms with van der Waals surface area (Å²) in [5.74, 6) is 1.35. The molecule has 1 N–H and O–H groups in total. The van der Waals surface area contributed by atoms with Gasteiger partial charge >= 0.3 is 0 Å². The Labute approximate surface area is 107 Å². The molecule has 3 rings (SSSR count). The Bertz CT molecular complexity index is 627. The third kappa shape index (κ3) is 1.56. The minimum absolute atomic E-state index is 0.126. The number of benzene rings is 2. The molecule has 0 aromatic heterocycles. The van der Waals surface area contributed by atoms with Crippen LogP contribution < -0.4 is 4.74 Å². The Hall–Kier alpha value is -1.70. The molecule has 0 aliphatic carbocycles. The van der Waals surface area contributed by atoms with Crippen molar-refractivity contribution in [3.05, 3.63) is 35.4 Å². The second kappa shape index (κ2) is 3.64. The molecule has 2 aromatic rings. The molecule has 2 heteroatoms. The van der Waals surface area contributed by atoms with Crippen molar-refractivity contribution >= 4 is 10.8 Å². The fourth-order valence-corrected chi connectivity index (χ4v) is 2.74. The zero-order chi connectivity index (χ0) is 12.9. The van der Waals surface area contributed by atoms with Gasteiger partial charge in [0.05, 0.1) is 0 Å². The highest BCUT2D eigenvalue weighted by atomic mass is 16.5. The molecule has 0 atom stereocenters. The molecule has 1 aliphatic heterocycles. The highest BCUT2D eigenvalue weighted by Gasteiger charge is 2.30. The van der Waals surface area contributed by atoms with Crippen LogP contribution in [0.1, 0.15) is 31.4 Å². The number of ether oxygens (including phenoxy) is 1. The van der Waals surface area contributed by atoms with Gasteiger partial charge in [0.1, 0.15) is 17.1 Å². The van der Waals surface area contributed by atoms with E-state index >= 15 is 0 Å². The lowest BCUT2D eigenvalue weighted by Gasteiger charge is -2.34. The van der Waals surface area contributed by atoms with E-state index in [1.807, 2.05) is 31.2 Å². The maximum absolute atomic E-state index is 10.3. The van der Waals surface area contributed by atoms with Gasteiger partial charge in [-0.1, -0.05) is 24.3 Å². The smallest absolute Gasteiger partial charge is 0.131 e. The van der Waals surface area contributed by atoms with Crippen LogP contribution in [0.15, 0.2) is 24.3 Å². The zero-order valence-corrected chi connectivity index (χ0v) is 11.1. The summed E-state index contributed by atoms with van der Waals surface area (Å²) in [6.07, 6.45) is 1.95. The Morgan fingerprint density at radius 2 is 1.83 bits per heavy atom. The van der Waals surface area contributed by atoms with Crippen LogP contribution >= 0.6 is 0 Å². The predicted molar refractivity (Wildman–Crippen MR) is 73.4 cm³/mol. The molecule has 0 amide bonds. The molecule has 0 radical (unpaired) electrons. The van der Waals surface area contributed by atoms with Crippen molar-refractivity contribution in [1.82, 2.24) is 0 Å². The number of hydrogen-bond donors (Lipinski definition) is 1. The highest BCUT2D eigenvalue weighted by Crippen LogP contribution is 2.44. The SMILES string of the molecule is Cc1c2c(c3ccccc3c1O)OC(C)(C)CC2. The van der Waals surface area contributed by atoms with Gasteiger partial charge in [-0.2, -0.15) is 0 Å². The summed E-state index contributed by atoms with van der Waals surface area (Å²) in [6, 6.07) is 7.90. The van der Waals surface area contributed by atoms with Gasteiger partial charge in [-0.05, 0) is 39.2 Å². The molecule has 2 nitrogen and oxygen atoms in total. The van der Waals surface area contributed by atoms with Crippen molar-refractivity contribution in [2.24, 2.45) is 0 Å². The molecule has 0 bridgehead atoms. The molecule has 1 heterocycles. The van der Waals surface area contributed by atoms with Crippen LogP contribution in [-0.2, 0) is 6.42 Å². The number of aromatic hydroxyl groups is 1. The fourth-order valence-electron chi connectivity index (χ4n) is 2.74. The normalized spacial score (nSPS) is 17.3. The van der Waals surface area contributed by atoms with Gasteiger partial charge in [0, 0.05) is 16.3 Å². The first-order valence-corrected chi connectivity index (χ1v) is 6.42. The zero-order valence-electron chi connectivity index (χ0n) is 11.1. The Balaban J connectivity index is 2.37. The number of hydrogen-bond acceptors (Lipinski definition) is 2. The van der Waals surface area contributed by atoms with Gasteiger partial charge in [-0.15, -0.1) is 0 Å². The second-order valence-electron chi connectivity index (χ2n) is 5.69. The molecule has 18 heavy (non-hydrogen) atoms. The van der Waals surface area contributed by atoms with Crippen LogP contribution in [0.25, 0.3) is 10.8 Å². The molecule has 94 valence electrons. The van der Waals surface area contributed by atoms with E-state index < -0.39 is 0 Å². The second-order valence-corrected chi connectivity index (χ2v) is 5.69. The number of phenolic OH excluding ortho intramolecular Hbond substituents is 1. The van der Waals surface area contributed by atoms with Gasteiger partial charge in [0.15, 0.2) is 0 Å². The summed E-state index contributed by atoms with van der Waals surface area (Å²) in [5, 5.41) is 12.2. The van der Waals surface area contributed by atoms with Crippen molar-refractivity contribution in [2.45, 2.75) is 39.2 Å². The van der Waals surface area contributed by atoms with E-state index in [-0.39, 0.29) is 5.60 Å². The van der Waals surface area contributed by atoms with Crippen molar-refractivity contribution in [2.75, 3.05) is 0 Å². The van der Waals surface area contributed by atoms with Crippen LogP contribution in [0.4, 0.5) is 0 Å². The molecule has 0 fully saturated rings. The number of rotatable bonds is 0. The van der Waals surface area contributed by atoms with Crippen LogP contribution in [0.2, 0.25) is 0 Å². The molecular formula is C16H18O2. The molecule has 2 aromatic carbocycles. The summed E-state index contributed by atoms with van der Waals surface area (Å²) in [4.78, 5) is 0. The lowest BCUT2D eigenvalue weighted by molar-refractivity contribution is 0.0865. The van der Waals surface area contributed by atoms with E-state index in [2.05, 4.69) is 13.8 Å². The van der Waals surface area contributed by atoms with E-state index in [1.54, 1.807) is 0 Å². The summed E-state index contributed by atoms with van der Waals surface area (Å²) in [6.45, 7) is 6.21. The maximum atomic E-state index is 10.3. The summed E-state index contributed by atoms with van der Waals surface area (Å²) in [7, 11) is 0. The van der Waals surface area contributed by atoms with Gasteiger partial charge in [0.25, 0.3) is 0 Å². The molecule has 0 saturated carbocycles. The quantitative estimate of drug-likeness (QED) is 0.757. The van der Waals surface area contributed by atoms with Gasteiger partial charge in [0.2, 0.25) is 0 Å². The fraction of sp³-hybridized carbons (Fsp3) is 0.375. The van der Waals surface area contributed by atoms with E-state index in [4.69, 9.17) is 4.74 Å². The Kier molecular flexibility index (Phi) is 2.31. The van der Waals surface area contributed by atoms with Crippen LogP contribution in [-0.4, -0.2) is 10.7 Å². The highest BCUT2D eigenvalue weighted by molar-refractivity contribution is 5.95. The van der Waals surface area contributed by atoms with Crippen LogP contribution in [0.5, 0.6) is 11.5 Å². The summed E-state index contributed by atoms with van der Waals surface area (Å²) >= 11 is 0. The van der Waals surface area contributed by atoms with Gasteiger partial charge < -0.3 is 9.84 Å². The number of fused-ring (bicyclic) bond motifs is 3. The standard InChI is InChI=1S/C16H18O2/c1-10-11-8-9-16(2,3)18-15(11)13-7-5-4-6-12(13)14(10)17/h4-7,17H,8-9H2,1-3H3. The predicted octanol–water partition coefficient (Wildman–Crippen LogP) is 3.96. The van der Waals surface area contributed by atoms with Gasteiger partial charge in [-0.25, -0.2) is 0 Å². The molecule has 0 saturated heterocycles. The average Bonchev–Trinajstić information content (AvgIpc) is 2.35. The first kappa shape index (κ1) is 11.4. The van der Waals surface area contributed by atoms with Crippen LogP contribution in [0, 0.1) is 6.92 Å². The van der Waals surface area contributed by atoms with Crippen molar-refractivity contribution in [3.63, 3.8) is 0 Å². The summed E-state index contributed by atoms with van der Waals surface area (Å²) in [5.41, 5.74) is 1.99. The number of phenols is 1. The molecule has 1 aliphatic rings. The van der Waals surface area contributed by atoms with E-state index in [0.717, 1.165) is 40.5 Å². The minimum Gasteiger partial charge on any atom is -0.507 e. The van der Waals surface area contributed by atoms with Crippen LogP contribution in [0.3, 0.4) is 0 Å². The van der Waals surface area contributed by atoms with Crippen molar-refractivity contribution in [3.8, 4) is 11.5 Å². The van der Waals surface area contributed by atoms with E-state index in [1.165, 1.54) is 0 Å². The monoisotopic (exact) mass is 242 g/mol. The van der Waals surface area contributed by atoms with Crippen molar-refractivity contribution < 1.29 is 9.84 Å². The first-order chi connectivity index (χ1) is 8.49. The van der Waals surface area contributed by atoms with E-state index in [0.29, 0.717) is 5.75 Å². The molecule has 0 unspecified atom stereocenters. The largest absolute Gasteiger partial charge is 0.507 e. The maximum Gasteiger partial charge on any atom is 0.131 e. The Morgan fingerprint density at radius 1 is 1.17 bits per heavy atom. The minimum atomic E-state index is -0.126. The summed E-state index contributed by atoms with van der Waals surface area (Å²) < 4.78 is 6.16. The Morgan fingerprint density at radius 3 is 2.56 bits per heavy atom. The van der Waals surface area contributed by atoms with Crippen molar-refractivity contribution in [1.29, 1.82) is 0 Å². The third-order valence-corrected chi connectivity index (χ3v) is 3.86.